The van der Waals surface area contributed by atoms with Crippen LogP contribution in [-0.4, -0.2) is 43.4 Å². The Balaban J connectivity index is 3.77. The maximum atomic E-state index is 11.5. The largest absolute Gasteiger partial charge is 0.394 e. The van der Waals surface area contributed by atoms with Crippen molar-refractivity contribution in [3.63, 3.8) is 0 Å². The minimum atomic E-state index is -0.513. The molecule has 5 nitrogen and oxygen atoms in total. The Labute approximate surface area is 91.0 Å². The third-order valence-corrected chi connectivity index (χ3v) is 2.26. The summed E-state index contributed by atoms with van der Waals surface area (Å²) < 4.78 is 4.87. The van der Waals surface area contributed by atoms with Crippen LogP contribution in [0.1, 0.15) is 26.2 Å². The van der Waals surface area contributed by atoms with Gasteiger partial charge in [-0.05, 0) is 19.3 Å². The average molecular weight is 218 g/mol. The number of aliphatic hydroxyl groups is 1. The van der Waals surface area contributed by atoms with Gasteiger partial charge in [-0.1, -0.05) is 6.92 Å². The smallest absolute Gasteiger partial charge is 0.237 e. The lowest BCUT2D eigenvalue weighted by Gasteiger charge is -2.17. The summed E-state index contributed by atoms with van der Waals surface area (Å²) in [4.78, 5) is 11.5. The second-order valence-electron chi connectivity index (χ2n) is 3.54. The van der Waals surface area contributed by atoms with Crippen molar-refractivity contribution in [1.82, 2.24) is 5.32 Å². The van der Waals surface area contributed by atoms with Gasteiger partial charge in [-0.3, -0.25) is 4.79 Å². The second kappa shape index (κ2) is 8.64. The molecule has 5 heteroatoms. The van der Waals surface area contributed by atoms with Crippen molar-refractivity contribution >= 4 is 5.91 Å². The molecule has 0 aliphatic heterocycles. The first-order valence-corrected chi connectivity index (χ1v) is 5.31. The van der Waals surface area contributed by atoms with Gasteiger partial charge < -0.3 is 20.9 Å². The molecular weight excluding hydrogens is 196 g/mol. The van der Waals surface area contributed by atoms with Gasteiger partial charge in [0.15, 0.2) is 0 Å². The van der Waals surface area contributed by atoms with Gasteiger partial charge in [0.2, 0.25) is 5.91 Å². The van der Waals surface area contributed by atoms with Crippen LogP contribution >= 0.6 is 0 Å². The quantitative estimate of drug-likeness (QED) is 0.485. The molecule has 90 valence electrons. The van der Waals surface area contributed by atoms with E-state index in [1.165, 1.54) is 0 Å². The van der Waals surface area contributed by atoms with E-state index in [1.807, 2.05) is 6.92 Å². The van der Waals surface area contributed by atoms with Gasteiger partial charge >= 0.3 is 0 Å². The van der Waals surface area contributed by atoms with Crippen LogP contribution in [0.25, 0.3) is 0 Å². The Kier molecular flexibility index (Phi) is 8.27. The van der Waals surface area contributed by atoms with Crippen LogP contribution in [-0.2, 0) is 9.53 Å². The number of carbonyl (C=O) groups excluding carboxylic acids is 1. The van der Waals surface area contributed by atoms with E-state index in [0.717, 1.165) is 6.42 Å². The van der Waals surface area contributed by atoms with E-state index in [-0.39, 0.29) is 18.6 Å². The summed E-state index contributed by atoms with van der Waals surface area (Å²) in [5.74, 6) is -0.202. The summed E-state index contributed by atoms with van der Waals surface area (Å²) in [6.07, 6.45) is 2.07. The van der Waals surface area contributed by atoms with Crippen LogP contribution in [0.5, 0.6) is 0 Å². The maximum Gasteiger partial charge on any atom is 0.237 e. The molecule has 15 heavy (non-hydrogen) atoms. The highest BCUT2D eigenvalue weighted by Gasteiger charge is 2.15. The van der Waals surface area contributed by atoms with Crippen molar-refractivity contribution < 1.29 is 14.6 Å². The summed E-state index contributed by atoms with van der Waals surface area (Å²) in [6, 6.07) is -0.702. The van der Waals surface area contributed by atoms with Crippen molar-refractivity contribution in [3.8, 4) is 0 Å². The first kappa shape index (κ1) is 14.3. The number of carbonyl (C=O) groups is 1. The molecular formula is C10H22N2O3. The highest BCUT2D eigenvalue weighted by Crippen LogP contribution is 1.97. The molecule has 0 saturated carbocycles. The van der Waals surface area contributed by atoms with Gasteiger partial charge in [-0.15, -0.1) is 0 Å². The van der Waals surface area contributed by atoms with Crippen LogP contribution in [0.15, 0.2) is 0 Å². The average Bonchev–Trinajstić information content (AvgIpc) is 2.25. The number of methoxy groups -OCH3 is 1. The number of amides is 1. The molecule has 0 saturated heterocycles. The van der Waals surface area contributed by atoms with E-state index in [1.54, 1.807) is 7.11 Å². The Morgan fingerprint density at radius 2 is 2.27 bits per heavy atom. The molecule has 0 radical (unpaired) electrons. The van der Waals surface area contributed by atoms with Crippen molar-refractivity contribution in [3.05, 3.63) is 0 Å². The highest BCUT2D eigenvalue weighted by molar-refractivity contribution is 5.81. The first-order valence-electron chi connectivity index (χ1n) is 5.31. The Hall–Kier alpha value is -0.650. The topological polar surface area (TPSA) is 84.6 Å². The molecule has 0 aromatic heterocycles. The van der Waals surface area contributed by atoms with Gasteiger partial charge in [0.25, 0.3) is 0 Å². The maximum absolute atomic E-state index is 11.5. The molecule has 0 aliphatic carbocycles. The lowest BCUT2D eigenvalue weighted by atomic mass is 10.1. The summed E-state index contributed by atoms with van der Waals surface area (Å²) in [5, 5.41) is 11.6. The van der Waals surface area contributed by atoms with Crippen LogP contribution in [0.4, 0.5) is 0 Å². The van der Waals surface area contributed by atoms with Crippen LogP contribution in [0, 0.1) is 0 Å². The Morgan fingerprint density at radius 3 is 2.73 bits per heavy atom. The van der Waals surface area contributed by atoms with Gasteiger partial charge in [-0.2, -0.15) is 0 Å². The van der Waals surface area contributed by atoms with E-state index >= 15 is 0 Å². The minimum absolute atomic E-state index is 0.0486. The third-order valence-electron chi connectivity index (χ3n) is 2.26. The molecule has 0 spiro atoms. The monoisotopic (exact) mass is 218 g/mol. The fourth-order valence-corrected chi connectivity index (χ4v) is 1.16. The van der Waals surface area contributed by atoms with E-state index in [9.17, 15) is 4.79 Å². The van der Waals surface area contributed by atoms with E-state index in [0.29, 0.717) is 19.4 Å². The molecule has 2 atom stereocenters. The minimum Gasteiger partial charge on any atom is -0.394 e. The van der Waals surface area contributed by atoms with E-state index < -0.39 is 6.04 Å². The molecule has 0 bridgehead atoms. The standard InChI is InChI=1S/C10H22N2O3/c1-3-8(7-13)12-10(14)9(11)5-4-6-15-2/h8-9,13H,3-7,11H2,1-2H3,(H,12,14)/t8-,9?/m1/s1. The van der Waals surface area contributed by atoms with Crippen molar-refractivity contribution in [2.75, 3.05) is 20.3 Å². The number of nitrogens with one attached hydrogen (secondary N) is 1. The molecule has 0 heterocycles. The normalized spacial score (nSPS) is 14.7. The zero-order valence-electron chi connectivity index (χ0n) is 9.53. The van der Waals surface area contributed by atoms with Gasteiger partial charge in [0, 0.05) is 13.7 Å². The van der Waals surface area contributed by atoms with Crippen molar-refractivity contribution in [2.24, 2.45) is 5.73 Å². The number of aliphatic hydroxyl groups excluding tert-OH is 1. The number of hydrogen-bond acceptors (Lipinski definition) is 4. The zero-order chi connectivity index (χ0) is 11.7. The fourth-order valence-electron chi connectivity index (χ4n) is 1.16. The molecule has 4 N–H and O–H groups in total. The SMILES string of the molecule is CC[C@H](CO)NC(=O)C(N)CCCOC. The van der Waals surface area contributed by atoms with E-state index in [2.05, 4.69) is 5.32 Å². The summed E-state index contributed by atoms with van der Waals surface area (Å²) in [5.41, 5.74) is 5.67. The predicted octanol–water partition coefficient (Wildman–Crippen LogP) is -0.373. The molecule has 0 rings (SSSR count). The number of nitrogens with two attached hydrogens (primary N) is 1. The number of rotatable bonds is 8. The van der Waals surface area contributed by atoms with Crippen molar-refractivity contribution in [2.45, 2.75) is 38.3 Å². The van der Waals surface area contributed by atoms with Gasteiger partial charge in [-0.25, -0.2) is 0 Å². The zero-order valence-corrected chi connectivity index (χ0v) is 9.53. The van der Waals surface area contributed by atoms with Gasteiger partial charge in [0.05, 0.1) is 18.7 Å². The Morgan fingerprint density at radius 1 is 1.60 bits per heavy atom. The lowest BCUT2D eigenvalue weighted by molar-refractivity contribution is -0.123. The number of hydrogen-bond donors (Lipinski definition) is 3. The highest BCUT2D eigenvalue weighted by atomic mass is 16.5. The first-order chi connectivity index (χ1) is 7.15. The molecule has 1 unspecified atom stereocenters. The lowest BCUT2D eigenvalue weighted by Crippen LogP contribution is -2.46. The number of ether oxygens (including phenoxy) is 1. The second-order valence-corrected chi connectivity index (χ2v) is 3.54. The van der Waals surface area contributed by atoms with Crippen LogP contribution in [0.2, 0.25) is 0 Å². The van der Waals surface area contributed by atoms with E-state index in [4.69, 9.17) is 15.6 Å². The fraction of sp³-hybridized carbons (Fsp3) is 0.900. The molecule has 0 aliphatic rings. The molecule has 1 amide bonds. The summed E-state index contributed by atoms with van der Waals surface area (Å²) in [6.45, 7) is 2.46. The summed E-state index contributed by atoms with van der Waals surface area (Å²) in [7, 11) is 1.62. The predicted molar refractivity (Wildman–Crippen MR) is 58.4 cm³/mol. The van der Waals surface area contributed by atoms with Crippen LogP contribution < -0.4 is 11.1 Å². The molecule has 0 fully saturated rings. The molecule has 0 aromatic carbocycles. The van der Waals surface area contributed by atoms with Gasteiger partial charge in [0.1, 0.15) is 0 Å². The Bertz CT molecular complexity index is 172. The van der Waals surface area contributed by atoms with Crippen molar-refractivity contribution in [1.29, 1.82) is 0 Å². The summed E-state index contributed by atoms with van der Waals surface area (Å²) >= 11 is 0. The molecule has 0 aromatic rings. The third kappa shape index (κ3) is 6.43. The van der Waals surface area contributed by atoms with Crippen LogP contribution in [0.3, 0.4) is 0 Å².